The van der Waals surface area contributed by atoms with Crippen LogP contribution in [-0.4, -0.2) is 8.32 Å². The second-order valence-corrected chi connectivity index (χ2v) is 12.0. The van der Waals surface area contributed by atoms with Gasteiger partial charge in [0.1, 0.15) is 0 Å². The Labute approximate surface area is 84.7 Å². The fraction of sp³-hybridized carbons (Fsp3) is 1.00. The summed E-state index contributed by atoms with van der Waals surface area (Å²) in [6.45, 7) is 6.09. The molecule has 0 saturated carbocycles. The predicted octanol–water partition coefficient (Wildman–Crippen LogP) is 4.59. The van der Waals surface area contributed by atoms with E-state index in [1.807, 2.05) is 20.8 Å². The number of rotatable bonds is 5. The molecule has 0 aliphatic rings. The Kier molecular flexibility index (Phi) is 5.43. The molecule has 0 aromatic heterocycles. The summed E-state index contributed by atoms with van der Waals surface area (Å²) in [4.78, 5) is 0. The van der Waals surface area contributed by atoms with Crippen LogP contribution in [0.3, 0.4) is 0 Å². The van der Waals surface area contributed by atoms with Gasteiger partial charge in [-0.2, -0.15) is 0 Å². The molecular formula is C6H15Cl2O2PSi. The van der Waals surface area contributed by atoms with Gasteiger partial charge in [-0.05, 0) is 40.6 Å². The highest BCUT2D eigenvalue weighted by atomic mass is 35.9. The third-order valence-electron chi connectivity index (χ3n) is 2.23. The van der Waals surface area contributed by atoms with Gasteiger partial charge < -0.3 is 4.21 Å². The van der Waals surface area contributed by atoms with Crippen molar-refractivity contribution in [3.63, 3.8) is 0 Å². The van der Waals surface area contributed by atoms with Gasteiger partial charge in [0.15, 0.2) is 0 Å². The van der Waals surface area contributed by atoms with Crippen molar-refractivity contribution in [1.29, 1.82) is 0 Å². The van der Waals surface area contributed by atoms with Crippen LogP contribution in [0.4, 0.5) is 0 Å². The van der Waals surface area contributed by atoms with Gasteiger partial charge in [0.25, 0.3) is 0 Å². The van der Waals surface area contributed by atoms with Gasteiger partial charge in [0.05, 0.1) is 0 Å². The van der Waals surface area contributed by atoms with Crippen LogP contribution in [0, 0.1) is 0 Å². The Balaban J connectivity index is 4.41. The molecule has 0 heterocycles. The van der Waals surface area contributed by atoms with Crippen LogP contribution in [-0.2, 0) is 8.78 Å². The maximum Gasteiger partial charge on any atom is 0.370 e. The Morgan fingerprint density at radius 2 is 1.50 bits per heavy atom. The molecule has 0 amide bonds. The highest BCUT2D eigenvalue weighted by Gasteiger charge is 2.35. The van der Waals surface area contributed by atoms with Crippen molar-refractivity contribution < 1.29 is 8.78 Å². The van der Waals surface area contributed by atoms with Crippen molar-refractivity contribution in [2.45, 2.75) is 38.9 Å². The van der Waals surface area contributed by atoms with Crippen LogP contribution >= 0.6 is 28.6 Å². The molecule has 0 bridgehead atoms. The summed E-state index contributed by atoms with van der Waals surface area (Å²) in [5.41, 5.74) is 0. The molecule has 74 valence electrons. The molecule has 0 N–H and O–H groups in total. The normalized spacial score (nSPS) is 13.4. The number of halogens is 2. The summed E-state index contributed by atoms with van der Waals surface area (Å²) in [6.07, 6.45) is -3.33. The Morgan fingerprint density at radius 1 is 1.17 bits per heavy atom. The van der Waals surface area contributed by atoms with Crippen molar-refractivity contribution >= 4 is 36.9 Å². The number of hydrogen-bond acceptors (Lipinski definition) is 2. The lowest BCUT2D eigenvalue weighted by Gasteiger charge is -2.27. The third-order valence-corrected chi connectivity index (χ3v) is 9.74. The van der Waals surface area contributed by atoms with E-state index in [2.05, 4.69) is 0 Å². The standard InChI is InChI=1S/C6H15Cl2O2PSi/c1-4-12(5-2,6-3)10-11(7,8)9/h4-6H2,1-3H3. The first-order chi connectivity index (χ1) is 5.39. The van der Waals surface area contributed by atoms with Crippen LogP contribution in [0.2, 0.25) is 18.1 Å². The Hall–Kier alpha value is 0.987. The molecule has 0 aliphatic heterocycles. The maximum atomic E-state index is 11.1. The van der Waals surface area contributed by atoms with E-state index in [-0.39, 0.29) is 0 Å². The van der Waals surface area contributed by atoms with Crippen molar-refractivity contribution in [2.24, 2.45) is 0 Å². The second-order valence-electron chi connectivity index (χ2n) is 2.75. The van der Waals surface area contributed by atoms with Gasteiger partial charge in [0, 0.05) is 0 Å². The minimum Gasteiger partial charge on any atom is -0.348 e. The van der Waals surface area contributed by atoms with Gasteiger partial charge >= 0.3 is 6.07 Å². The SMILES string of the molecule is CC[Si](CC)(CC)OP(=O)(Cl)Cl. The van der Waals surface area contributed by atoms with E-state index in [0.717, 1.165) is 18.1 Å². The molecule has 0 rings (SSSR count). The van der Waals surface area contributed by atoms with Crippen molar-refractivity contribution in [1.82, 2.24) is 0 Å². The molecule has 12 heavy (non-hydrogen) atoms. The second kappa shape index (κ2) is 5.01. The molecule has 0 aromatic carbocycles. The van der Waals surface area contributed by atoms with E-state index in [4.69, 9.17) is 26.7 Å². The number of hydrogen-bond donors (Lipinski definition) is 0. The smallest absolute Gasteiger partial charge is 0.348 e. The first-order valence-electron chi connectivity index (χ1n) is 4.09. The zero-order valence-electron chi connectivity index (χ0n) is 7.64. The van der Waals surface area contributed by atoms with Crippen LogP contribution in [0.15, 0.2) is 0 Å². The van der Waals surface area contributed by atoms with E-state index in [0.29, 0.717) is 0 Å². The summed E-state index contributed by atoms with van der Waals surface area (Å²) in [5, 5.41) is 0. The molecule has 0 unspecified atom stereocenters. The molecule has 6 heteroatoms. The topological polar surface area (TPSA) is 26.3 Å². The molecule has 0 aliphatic carbocycles. The molecule has 0 fully saturated rings. The molecule has 0 atom stereocenters. The average molecular weight is 249 g/mol. The fourth-order valence-corrected chi connectivity index (χ4v) is 8.66. The summed E-state index contributed by atoms with van der Waals surface area (Å²) in [6, 6.07) is 2.72. The molecule has 0 spiro atoms. The average Bonchev–Trinajstić information content (AvgIpc) is 1.99. The summed E-state index contributed by atoms with van der Waals surface area (Å²) < 4.78 is 16.3. The third kappa shape index (κ3) is 4.29. The van der Waals surface area contributed by atoms with Crippen LogP contribution in [0.1, 0.15) is 20.8 Å². The Bertz CT molecular complexity index is 170. The lowest BCUT2D eigenvalue weighted by Crippen LogP contribution is -2.33. The molecule has 0 aromatic rings. The minimum absolute atomic E-state index is 0.906. The molecular weight excluding hydrogens is 234 g/mol. The summed E-state index contributed by atoms with van der Waals surface area (Å²) in [7, 11) is -1.88. The highest BCUT2D eigenvalue weighted by Crippen LogP contribution is 2.60. The van der Waals surface area contributed by atoms with Gasteiger partial charge in [0.2, 0.25) is 8.32 Å². The predicted molar refractivity (Wildman–Crippen MR) is 57.6 cm³/mol. The van der Waals surface area contributed by atoms with Gasteiger partial charge in [-0.15, -0.1) is 0 Å². The largest absolute Gasteiger partial charge is 0.370 e. The zero-order chi connectivity index (χ0) is 9.83. The van der Waals surface area contributed by atoms with E-state index >= 15 is 0 Å². The summed E-state index contributed by atoms with van der Waals surface area (Å²) in [5.74, 6) is 0. The Morgan fingerprint density at radius 3 is 1.58 bits per heavy atom. The van der Waals surface area contributed by atoms with Crippen molar-refractivity contribution in [3.05, 3.63) is 0 Å². The molecule has 0 saturated heterocycles. The lowest BCUT2D eigenvalue weighted by molar-refractivity contribution is 0.502. The van der Waals surface area contributed by atoms with E-state index in [1.54, 1.807) is 0 Å². The van der Waals surface area contributed by atoms with E-state index < -0.39 is 14.4 Å². The van der Waals surface area contributed by atoms with E-state index in [1.165, 1.54) is 0 Å². The summed E-state index contributed by atoms with van der Waals surface area (Å²) >= 11 is 10.8. The lowest BCUT2D eigenvalue weighted by atomic mass is 10.9. The van der Waals surface area contributed by atoms with Gasteiger partial charge in [-0.25, -0.2) is 0 Å². The first-order valence-corrected chi connectivity index (χ1v) is 10.1. The van der Waals surface area contributed by atoms with Crippen molar-refractivity contribution in [3.8, 4) is 0 Å². The maximum absolute atomic E-state index is 11.1. The van der Waals surface area contributed by atoms with E-state index in [9.17, 15) is 4.57 Å². The minimum atomic E-state index is -3.33. The van der Waals surface area contributed by atoms with Gasteiger partial charge in [-0.1, -0.05) is 20.8 Å². The first kappa shape index (κ1) is 13.0. The van der Waals surface area contributed by atoms with Crippen LogP contribution < -0.4 is 0 Å². The highest BCUT2D eigenvalue weighted by molar-refractivity contribution is 8.05. The molecule has 2 nitrogen and oxygen atoms in total. The van der Waals surface area contributed by atoms with Crippen LogP contribution in [0.5, 0.6) is 0 Å². The van der Waals surface area contributed by atoms with Crippen LogP contribution in [0.25, 0.3) is 0 Å². The zero-order valence-corrected chi connectivity index (χ0v) is 11.0. The van der Waals surface area contributed by atoms with Crippen molar-refractivity contribution in [2.75, 3.05) is 0 Å². The quantitative estimate of drug-likeness (QED) is 0.526. The monoisotopic (exact) mass is 248 g/mol. The molecule has 0 radical (unpaired) electrons. The van der Waals surface area contributed by atoms with Gasteiger partial charge in [-0.3, -0.25) is 4.57 Å². The fourth-order valence-electron chi connectivity index (χ4n) is 1.17.